The Balaban J connectivity index is 2.41. The highest BCUT2D eigenvalue weighted by Crippen LogP contribution is 2.24. The third-order valence-corrected chi connectivity index (χ3v) is 2.98. The molecule has 0 saturated carbocycles. The van der Waals surface area contributed by atoms with E-state index >= 15 is 0 Å². The third-order valence-electron chi connectivity index (χ3n) is 2.98. The number of hydrogen-bond donors (Lipinski definition) is 1. The standard InChI is InChI=1S/C13H16N2O2/c14-9-10-5-1-2-6-11(10)15-12(16)7-3-4-8-13(15)17/h1-2,5-6H,3-4,7-9,14H2. The molecule has 1 heterocycles. The smallest absolute Gasteiger partial charge is 0.233 e. The lowest BCUT2D eigenvalue weighted by atomic mass is 10.1. The van der Waals surface area contributed by atoms with E-state index in [-0.39, 0.29) is 11.8 Å². The van der Waals surface area contributed by atoms with Crippen molar-refractivity contribution in [3.05, 3.63) is 29.8 Å². The second-order valence-corrected chi connectivity index (χ2v) is 4.16. The van der Waals surface area contributed by atoms with Gasteiger partial charge in [-0.1, -0.05) is 18.2 Å². The zero-order chi connectivity index (χ0) is 12.3. The average Bonchev–Trinajstić information content (AvgIpc) is 2.51. The van der Waals surface area contributed by atoms with Crippen molar-refractivity contribution in [2.45, 2.75) is 32.2 Å². The van der Waals surface area contributed by atoms with Crippen molar-refractivity contribution in [2.24, 2.45) is 5.73 Å². The van der Waals surface area contributed by atoms with E-state index in [9.17, 15) is 9.59 Å². The van der Waals surface area contributed by atoms with E-state index in [2.05, 4.69) is 0 Å². The van der Waals surface area contributed by atoms with Crippen molar-refractivity contribution in [1.82, 2.24) is 0 Å². The van der Waals surface area contributed by atoms with Crippen LogP contribution in [0, 0.1) is 0 Å². The summed E-state index contributed by atoms with van der Waals surface area (Å²) in [6, 6.07) is 7.31. The Morgan fingerprint density at radius 1 is 1.06 bits per heavy atom. The Bertz CT molecular complexity index is 425. The Morgan fingerprint density at radius 3 is 2.24 bits per heavy atom. The number of rotatable bonds is 2. The number of carbonyl (C=O) groups excluding carboxylic acids is 2. The number of carbonyl (C=O) groups is 2. The molecule has 1 fully saturated rings. The summed E-state index contributed by atoms with van der Waals surface area (Å²) in [6.07, 6.45) is 2.44. The summed E-state index contributed by atoms with van der Waals surface area (Å²) in [7, 11) is 0. The van der Waals surface area contributed by atoms with E-state index in [1.54, 1.807) is 6.07 Å². The summed E-state index contributed by atoms with van der Waals surface area (Å²) < 4.78 is 0. The number of benzene rings is 1. The molecular formula is C13H16N2O2. The molecule has 0 radical (unpaired) electrons. The van der Waals surface area contributed by atoms with Crippen molar-refractivity contribution in [2.75, 3.05) is 4.90 Å². The van der Waals surface area contributed by atoms with Crippen LogP contribution in [0.5, 0.6) is 0 Å². The molecule has 2 rings (SSSR count). The fraction of sp³-hybridized carbons (Fsp3) is 0.385. The first-order valence-electron chi connectivity index (χ1n) is 5.88. The number of amides is 2. The summed E-state index contributed by atoms with van der Waals surface area (Å²) in [4.78, 5) is 25.2. The quantitative estimate of drug-likeness (QED) is 0.787. The SMILES string of the molecule is NCc1ccccc1N1C(=O)CCCCC1=O. The normalized spacial score (nSPS) is 17.1. The molecule has 4 heteroatoms. The van der Waals surface area contributed by atoms with E-state index in [4.69, 9.17) is 5.73 Å². The third kappa shape index (κ3) is 2.36. The molecule has 0 aliphatic carbocycles. The highest BCUT2D eigenvalue weighted by molar-refractivity contribution is 6.15. The molecule has 0 aromatic heterocycles. The van der Waals surface area contributed by atoms with Gasteiger partial charge in [0, 0.05) is 19.4 Å². The van der Waals surface area contributed by atoms with Crippen LogP contribution in [0.1, 0.15) is 31.2 Å². The first-order valence-corrected chi connectivity index (χ1v) is 5.88. The van der Waals surface area contributed by atoms with Crippen LogP contribution >= 0.6 is 0 Å². The fourth-order valence-corrected chi connectivity index (χ4v) is 2.09. The maximum absolute atomic E-state index is 12.0. The topological polar surface area (TPSA) is 63.4 Å². The number of hydrogen-bond acceptors (Lipinski definition) is 3. The molecule has 90 valence electrons. The molecule has 4 nitrogen and oxygen atoms in total. The van der Waals surface area contributed by atoms with Crippen LogP contribution in [0.4, 0.5) is 5.69 Å². The van der Waals surface area contributed by atoms with Crippen LogP contribution in [0.3, 0.4) is 0 Å². The Labute approximate surface area is 100 Å². The summed E-state index contributed by atoms with van der Waals surface area (Å²) in [5.74, 6) is -0.234. The molecule has 0 atom stereocenters. The van der Waals surface area contributed by atoms with Gasteiger partial charge in [-0.2, -0.15) is 0 Å². The van der Waals surface area contributed by atoms with Gasteiger partial charge in [0.2, 0.25) is 11.8 Å². The van der Waals surface area contributed by atoms with Gasteiger partial charge >= 0.3 is 0 Å². The minimum absolute atomic E-state index is 0.117. The van der Waals surface area contributed by atoms with E-state index in [1.807, 2.05) is 18.2 Å². The van der Waals surface area contributed by atoms with Gasteiger partial charge in [0.15, 0.2) is 0 Å². The summed E-state index contributed by atoms with van der Waals surface area (Å²) in [6.45, 7) is 0.327. The maximum atomic E-state index is 12.0. The van der Waals surface area contributed by atoms with E-state index in [1.165, 1.54) is 4.90 Å². The molecule has 1 aromatic carbocycles. The Kier molecular flexibility index (Phi) is 3.54. The lowest BCUT2D eigenvalue weighted by Crippen LogP contribution is -2.36. The minimum Gasteiger partial charge on any atom is -0.326 e. The highest BCUT2D eigenvalue weighted by atomic mass is 16.2. The molecule has 17 heavy (non-hydrogen) atoms. The minimum atomic E-state index is -0.117. The summed E-state index contributed by atoms with van der Waals surface area (Å²) in [5.41, 5.74) is 7.11. The first-order chi connectivity index (χ1) is 8.24. The number of nitrogens with zero attached hydrogens (tertiary/aromatic N) is 1. The number of anilines is 1. The van der Waals surface area contributed by atoms with Crippen LogP contribution in [0.25, 0.3) is 0 Å². The molecule has 0 spiro atoms. The second kappa shape index (κ2) is 5.10. The highest BCUT2D eigenvalue weighted by Gasteiger charge is 2.26. The molecule has 1 aliphatic rings. The fourth-order valence-electron chi connectivity index (χ4n) is 2.09. The zero-order valence-electron chi connectivity index (χ0n) is 9.69. The van der Waals surface area contributed by atoms with Gasteiger partial charge in [-0.15, -0.1) is 0 Å². The molecule has 2 amide bonds. The van der Waals surface area contributed by atoms with Crippen molar-refractivity contribution >= 4 is 17.5 Å². The van der Waals surface area contributed by atoms with Gasteiger partial charge in [-0.25, -0.2) is 0 Å². The summed E-state index contributed by atoms with van der Waals surface area (Å²) in [5, 5.41) is 0. The van der Waals surface area contributed by atoms with E-state index in [0.29, 0.717) is 25.1 Å². The van der Waals surface area contributed by atoms with Crippen molar-refractivity contribution < 1.29 is 9.59 Å². The molecule has 1 aromatic rings. The van der Waals surface area contributed by atoms with Crippen molar-refractivity contribution in [3.63, 3.8) is 0 Å². The lowest BCUT2D eigenvalue weighted by Gasteiger charge is -2.21. The van der Waals surface area contributed by atoms with Gasteiger partial charge in [-0.3, -0.25) is 14.5 Å². The van der Waals surface area contributed by atoms with Crippen molar-refractivity contribution in [3.8, 4) is 0 Å². The van der Waals surface area contributed by atoms with Gasteiger partial charge in [0.1, 0.15) is 0 Å². The molecule has 0 bridgehead atoms. The van der Waals surface area contributed by atoms with Crippen LogP contribution in [0.15, 0.2) is 24.3 Å². The predicted molar refractivity (Wildman–Crippen MR) is 65.3 cm³/mol. The largest absolute Gasteiger partial charge is 0.326 e. The molecule has 2 N–H and O–H groups in total. The van der Waals surface area contributed by atoms with Crippen LogP contribution in [0.2, 0.25) is 0 Å². The lowest BCUT2D eigenvalue weighted by molar-refractivity contribution is -0.125. The van der Waals surface area contributed by atoms with Crippen molar-refractivity contribution in [1.29, 1.82) is 0 Å². The van der Waals surface area contributed by atoms with Crippen LogP contribution in [-0.4, -0.2) is 11.8 Å². The van der Waals surface area contributed by atoms with E-state index < -0.39 is 0 Å². The van der Waals surface area contributed by atoms with Gasteiger partial charge in [0.05, 0.1) is 5.69 Å². The first kappa shape index (κ1) is 11.8. The zero-order valence-corrected chi connectivity index (χ0v) is 9.69. The molecule has 0 unspecified atom stereocenters. The van der Waals surface area contributed by atoms with Gasteiger partial charge < -0.3 is 5.73 Å². The predicted octanol–water partition coefficient (Wildman–Crippen LogP) is 1.58. The number of nitrogens with two attached hydrogens (primary N) is 1. The van der Waals surface area contributed by atoms with Gasteiger partial charge in [0.25, 0.3) is 0 Å². The Hall–Kier alpha value is -1.68. The molecule has 1 aliphatic heterocycles. The molecular weight excluding hydrogens is 216 g/mol. The average molecular weight is 232 g/mol. The van der Waals surface area contributed by atoms with Crippen LogP contribution < -0.4 is 10.6 Å². The number of para-hydroxylation sites is 1. The maximum Gasteiger partial charge on any atom is 0.233 e. The second-order valence-electron chi connectivity index (χ2n) is 4.16. The van der Waals surface area contributed by atoms with Gasteiger partial charge in [-0.05, 0) is 24.5 Å². The monoisotopic (exact) mass is 232 g/mol. The Morgan fingerprint density at radius 2 is 1.65 bits per heavy atom. The number of imide groups is 1. The van der Waals surface area contributed by atoms with Crippen LogP contribution in [-0.2, 0) is 16.1 Å². The van der Waals surface area contributed by atoms with E-state index in [0.717, 1.165) is 18.4 Å². The molecule has 1 saturated heterocycles. The summed E-state index contributed by atoms with van der Waals surface area (Å²) >= 11 is 0.